The Labute approximate surface area is 69.4 Å². The van der Waals surface area contributed by atoms with Gasteiger partial charge in [0.05, 0.1) is 0 Å². The Morgan fingerprint density at radius 1 is 1.45 bits per heavy atom. The first-order valence-corrected chi connectivity index (χ1v) is 4.10. The Bertz CT molecular complexity index is 138. The molecule has 0 spiro atoms. The van der Waals surface area contributed by atoms with Gasteiger partial charge in [-0.15, -0.1) is 0 Å². The first-order chi connectivity index (χ1) is 4.86. The number of nitrogens with one attached hydrogen (secondary N) is 1. The number of rotatable bonds is 4. The van der Waals surface area contributed by atoms with Gasteiger partial charge in [-0.05, 0) is 6.92 Å². The molecular weight excluding hydrogens is 138 g/mol. The summed E-state index contributed by atoms with van der Waals surface area (Å²) in [7, 11) is 0. The van der Waals surface area contributed by atoms with Gasteiger partial charge < -0.3 is 5.32 Å². The largest absolute Gasteiger partial charge is 0.314 e. The number of carbonyl (C=O) groups excluding carboxylic acids is 1. The predicted octanol–water partition coefficient (Wildman–Crippen LogP) is 1.60. The second kappa shape index (κ2) is 3.86. The number of hydrogen-bond donors (Lipinski definition) is 1. The smallest absolute Gasteiger partial charge is 0.136 e. The summed E-state index contributed by atoms with van der Waals surface area (Å²) >= 11 is 0. The summed E-state index contributed by atoms with van der Waals surface area (Å²) in [6, 6.07) is 0.452. The minimum Gasteiger partial charge on any atom is -0.314 e. The first kappa shape index (κ1) is 10.6. The van der Waals surface area contributed by atoms with Crippen LogP contribution < -0.4 is 5.32 Å². The van der Waals surface area contributed by atoms with Gasteiger partial charge in [0, 0.05) is 18.0 Å². The van der Waals surface area contributed by atoms with Crippen LogP contribution in [0.2, 0.25) is 0 Å². The average Bonchev–Trinajstić information content (AvgIpc) is 1.84. The highest BCUT2D eigenvalue weighted by molar-refractivity contribution is 5.81. The second-order valence-corrected chi connectivity index (χ2v) is 3.98. The van der Waals surface area contributed by atoms with Gasteiger partial charge in [-0.2, -0.15) is 0 Å². The Morgan fingerprint density at radius 3 is 2.18 bits per heavy atom. The van der Waals surface area contributed by atoms with Gasteiger partial charge in [-0.25, -0.2) is 0 Å². The van der Waals surface area contributed by atoms with Crippen LogP contribution in [-0.2, 0) is 4.79 Å². The van der Waals surface area contributed by atoms with E-state index in [-0.39, 0.29) is 11.2 Å². The van der Waals surface area contributed by atoms with Gasteiger partial charge >= 0.3 is 0 Å². The molecule has 0 amide bonds. The van der Waals surface area contributed by atoms with E-state index in [4.69, 9.17) is 0 Å². The maximum absolute atomic E-state index is 11.0. The van der Waals surface area contributed by atoms with E-state index in [1.54, 1.807) is 6.92 Å². The van der Waals surface area contributed by atoms with Crippen LogP contribution in [0.3, 0.4) is 0 Å². The molecule has 0 saturated carbocycles. The van der Waals surface area contributed by atoms with Crippen molar-refractivity contribution in [2.45, 2.75) is 40.7 Å². The fourth-order valence-corrected chi connectivity index (χ4v) is 0.584. The Balaban J connectivity index is 3.83. The maximum Gasteiger partial charge on any atom is 0.136 e. The molecule has 0 unspecified atom stereocenters. The van der Waals surface area contributed by atoms with Crippen LogP contribution >= 0.6 is 0 Å². The van der Waals surface area contributed by atoms with Crippen molar-refractivity contribution in [3.05, 3.63) is 0 Å². The Hall–Kier alpha value is -0.370. The molecule has 0 saturated heterocycles. The Kier molecular flexibility index (Phi) is 3.73. The van der Waals surface area contributed by atoms with Crippen molar-refractivity contribution in [1.82, 2.24) is 5.32 Å². The molecule has 0 heterocycles. The van der Waals surface area contributed by atoms with Gasteiger partial charge in [0.2, 0.25) is 0 Å². The van der Waals surface area contributed by atoms with Crippen LogP contribution in [0.1, 0.15) is 34.6 Å². The normalized spacial score (nSPS) is 12.2. The number of Topliss-reactive ketones (excluding diaryl/α,β-unsaturated/α-hetero) is 1. The summed E-state index contributed by atoms with van der Waals surface area (Å²) in [5.41, 5.74) is -0.218. The third-order valence-corrected chi connectivity index (χ3v) is 1.91. The summed E-state index contributed by atoms with van der Waals surface area (Å²) < 4.78 is 0. The molecule has 0 aromatic rings. The van der Waals surface area contributed by atoms with E-state index in [9.17, 15) is 4.79 Å². The lowest BCUT2D eigenvalue weighted by Gasteiger charge is -2.22. The Morgan fingerprint density at radius 2 is 1.91 bits per heavy atom. The molecule has 1 N–H and O–H groups in total. The molecule has 0 radical (unpaired) electrons. The van der Waals surface area contributed by atoms with E-state index in [2.05, 4.69) is 19.2 Å². The van der Waals surface area contributed by atoms with Gasteiger partial charge in [-0.3, -0.25) is 4.79 Å². The summed E-state index contributed by atoms with van der Waals surface area (Å²) in [6.45, 7) is 10.5. The van der Waals surface area contributed by atoms with Gasteiger partial charge in [0.1, 0.15) is 5.78 Å². The number of hydrogen-bond acceptors (Lipinski definition) is 2. The van der Waals surface area contributed by atoms with Crippen molar-refractivity contribution in [3.8, 4) is 0 Å². The molecule has 0 bridgehead atoms. The van der Waals surface area contributed by atoms with Crippen LogP contribution in [0.5, 0.6) is 0 Å². The standard InChI is InChI=1S/C9H19NO/c1-7(2)10-6-9(4,5)8(3)11/h7,10H,6H2,1-5H3. The summed E-state index contributed by atoms with van der Waals surface area (Å²) in [6.07, 6.45) is 0. The lowest BCUT2D eigenvalue weighted by atomic mass is 9.89. The lowest BCUT2D eigenvalue weighted by molar-refractivity contribution is -0.124. The van der Waals surface area contributed by atoms with Crippen molar-refractivity contribution in [3.63, 3.8) is 0 Å². The molecule has 2 heteroatoms. The van der Waals surface area contributed by atoms with Crippen molar-refractivity contribution in [2.24, 2.45) is 5.41 Å². The molecule has 0 aliphatic rings. The molecule has 0 rings (SSSR count). The highest BCUT2D eigenvalue weighted by Gasteiger charge is 2.22. The average molecular weight is 157 g/mol. The zero-order chi connectivity index (χ0) is 9.07. The molecule has 0 aliphatic heterocycles. The molecule has 0 fully saturated rings. The fraction of sp³-hybridized carbons (Fsp3) is 0.889. The van der Waals surface area contributed by atoms with Crippen molar-refractivity contribution in [1.29, 1.82) is 0 Å². The minimum absolute atomic E-state index is 0.218. The number of ketones is 1. The van der Waals surface area contributed by atoms with Gasteiger partial charge in [0.25, 0.3) is 0 Å². The second-order valence-electron chi connectivity index (χ2n) is 3.98. The highest BCUT2D eigenvalue weighted by Crippen LogP contribution is 2.14. The molecular formula is C9H19NO. The zero-order valence-electron chi connectivity index (χ0n) is 8.19. The SMILES string of the molecule is CC(=O)C(C)(C)CNC(C)C. The van der Waals surface area contributed by atoms with Crippen LogP contribution in [-0.4, -0.2) is 18.4 Å². The molecule has 0 aromatic carbocycles. The molecule has 0 aromatic heterocycles. The maximum atomic E-state index is 11.0. The van der Waals surface area contributed by atoms with Crippen LogP contribution in [0.15, 0.2) is 0 Å². The lowest BCUT2D eigenvalue weighted by Crippen LogP contribution is -2.37. The van der Waals surface area contributed by atoms with Crippen LogP contribution in [0.4, 0.5) is 0 Å². The van der Waals surface area contributed by atoms with Crippen molar-refractivity contribution >= 4 is 5.78 Å². The monoisotopic (exact) mass is 157 g/mol. The minimum atomic E-state index is -0.218. The van der Waals surface area contributed by atoms with E-state index in [0.29, 0.717) is 6.04 Å². The molecule has 0 atom stereocenters. The summed E-state index contributed by atoms with van der Waals surface area (Å²) in [5, 5.41) is 3.25. The van der Waals surface area contributed by atoms with Gasteiger partial charge in [0.15, 0.2) is 0 Å². The van der Waals surface area contributed by atoms with E-state index >= 15 is 0 Å². The molecule has 0 aliphatic carbocycles. The fourth-order valence-electron chi connectivity index (χ4n) is 0.584. The predicted molar refractivity (Wildman–Crippen MR) is 47.6 cm³/mol. The van der Waals surface area contributed by atoms with Crippen LogP contribution in [0.25, 0.3) is 0 Å². The van der Waals surface area contributed by atoms with Gasteiger partial charge in [-0.1, -0.05) is 27.7 Å². The third-order valence-electron chi connectivity index (χ3n) is 1.91. The van der Waals surface area contributed by atoms with E-state index in [1.165, 1.54) is 0 Å². The topological polar surface area (TPSA) is 29.1 Å². The third kappa shape index (κ3) is 4.14. The highest BCUT2D eigenvalue weighted by atomic mass is 16.1. The van der Waals surface area contributed by atoms with E-state index in [1.807, 2.05) is 13.8 Å². The first-order valence-electron chi connectivity index (χ1n) is 4.10. The van der Waals surface area contributed by atoms with Crippen molar-refractivity contribution < 1.29 is 4.79 Å². The summed E-state index contributed by atoms with van der Waals surface area (Å²) in [5.74, 6) is 0.241. The van der Waals surface area contributed by atoms with E-state index in [0.717, 1.165) is 6.54 Å². The molecule has 66 valence electrons. The zero-order valence-corrected chi connectivity index (χ0v) is 8.19. The summed E-state index contributed by atoms with van der Waals surface area (Å²) in [4.78, 5) is 11.0. The molecule has 2 nitrogen and oxygen atoms in total. The quantitative estimate of drug-likeness (QED) is 0.671. The van der Waals surface area contributed by atoms with Crippen LogP contribution in [0, 0.1) is 5.41 Å². The van der Waals surface area contributed by atoms with E-state index < -0.39 is 0 Å². The van der Waals surface area contributed by atoms with Crippen molar-refractivity contribution in [2.75, 3.05) is 6.54 Å². The number of carbonyl (C=O) groups is 1. The molecule has 11 heavy (non-hydrogen) atoms.